The number of hydrogen-bond acceptors (Lipinski definition) is 3. The lowest BCUT2D eigenvalue weighted by Crippen LogP contribution is -2.56. The molecule has 2 N–H and O–H groups in total. The van der Waals surface area contributed by atoms with E-state index in [-0.39, 0.29) is 34.9 Å². The highest BCUT2D eigenvalue weighted by Gasteiger charge is 2.45. The van der Waals surface area contributed by atoms with Crippen LogP contribution in [0.4, 0.5) is 0 Å². The number of morpholine rings is 1. The molecule has 0 atom stereocenters. The monoisotopic (exact) mass is 486 g/mol. The fraction of sp³-hybridized carbons (Fsp3) is 0.667. The normalized spacial score (nSPS) is 19.9. The van der Waals surface area contributed by atoms with Gasteiger partial charge in [-0.15, -0.1) is 24.0 Å². The van der Waals surface area contributed by atoms with Gasteiger partial charge in [0.05, 0.1) is 13.2 Å². The lowest BCUT2D eigenvalue weighted by Gasteiger charge is -2.41. The van der Waals surface area contributed by atoms with Crippen LogP contribution in [0.3, 0.4) is 0 Å². The summed E-state index contributed by atoms with van der Waals surface area (Å²) in [6.45, 7) is 12.2. The van der Waals surface area contributed by atoms with Gasteiger partial charge in [-0.05, 0) is 44.7 Å². The van der Waals surface area contributed by atoms with E-state index in [2.05, 4.69) is 65.6 Å². The third kappa shape index (κ3) is 5.57. The number of nitrogens with one attached hydrogen (secondary N) is 2. The van der Waals surface area contributed by atoms with E-state index in [0.29, 0.717) is 0 Å². The summed E-state index contributed by atoms with van der Waals surface area (Å²) >= 11 is 0. The van der Waals surface area contributed by atoms with Crippen LogP contribution in [0.2, 0.25) is 0 Å². The standard InChI is InChI=1S/C21H34N4O.HI/c1-17-7-5-6-8-18(17)21(9-10-21)16-24-19(22-4)23-15-20(2,3)25-11-13-26-14-12-25;/h5-8H,9-16H2,1-4H3,(H2,22,23,24);1H. The molecule has 6 heteroatoms. The molecule has 1 aromatic carbocycles. The number of halogens is 1. The zero-order chi connectivity index (χ0) is 18.6. The summed E-state index contributed by atoms with van der Waals surface area (Å²) in [5, 5.41) is 7.10. The molecule has 1 aliphatic carbocycles. The Hall–Kier alpha value is -0.860. The first-order valence-corrected chi connectivity index (χ1v) is 9.80. The molecule has 152 valence electrons. The average Bonchev–Trinajstić information content (AvgIpc) is 3.44. The number of aryl methyl sites for hydroxylation is 1. The van der Waals surface area contributed by atoms with Crippen LogP contribution in [0.25, 0.3) is 0 Å². The summed E-state index contributed by atoms with van der Waals surface area (Å²) < 4.78 is 5.48. The molecule has 1 saturated carbocycles. The van der Waals surface area contributed by atoms with Crippen molar-refractivity contribution < 1.29 is 4.74 Å². The second-order valence-electron chi connectivity index (χ2n) is 8.29. The first-order valence-electron chi connectivity index (χ1n) is 9.80. The SMILES string of the molecule is CN=C(NCC1(c2ccccc2C)CC1)NCC(C)(C)N1CCOCC1.I. The van der Waals surface area contributed by atoms with Gasteiger partial charge in [-0.1, -0.05) is 24.3 Å². The van der Waals surface area contributed by atoms with Crippen LogP contribution in [-0.2, 0) is 10.2 Å². The topological polar surface area (TPSA) is 48.9 Å². The van der Waals surface area contributed by atoms with Crippen LogP contribution >= 0.6 is 24.0 Å². The highest BCUT2D eigenvalue weighted by atomic mass is 127. The van der Waals surface area contributed by atoms with Gasteiger partial charge in [0.1, 0.15) is 0 Å². The lowest BCUT2D eigenvalue weighted by molar-refractivity contribution is -0.00834. The maximum atomic E-state index is 5.48. The van der Waals surface area contributed by atoms with Crippen molar-refractivity contribution in [2.24, 2.45) is 4.99 Å². The maximum absolute atomic E-state index is 5.48. The van der Waals surface area contributed by atoms with Crippen molar-refractivity contribution in [3.05, 3.63) is 35.4 Å². The molecule has 1 aliphatic heterocycles. The molecule has 0 amide bonds. The van der Waals surface area contributed by atoms with E-state index in [1.54, 1.807) is 0 Å². The number of aliphatic imine (C=N–C) groups is 1. The van der Waals surface area contributed by atoms with E-state index in [4.69, 9.17) is 4.74 Å². The highest BCUT2D eigenvalue weighted by Crippen LogP contribution is 2.48. The molecule has 5 nitrogen and oxygen atoms in total. The van der Waals surface area contributed by atoms with Crippen LogP contribution in [-0.4, -0.2) is 62.8 Å². The molecular weight excluding hydrogens is 451 g/mol. The predicted molar refractivity (Wildman–Crippen MR) is 123 cm³/mol. The van der Waals surface area contributed by atoms with Crippen molar-refractivity contribution in [3.63, 3.8) is 0 Å². The molecule has 0 radical (unpaired) electrons. The zero-order valence-electron chi connectivity index (χ0n) is 17.2. The zero-order valence-corrected chi connectivity index (χ0v) is 19.5. The third-order valence-corrected chi connectivity index (χ3v) is 5.94. The molecule has 0 bridgehead atoms. The quantitative estimate of drug-likeness (QED) is 0.369. The first kappa shape index (κ1) is 22.4. The molecule has 3 rings (SSSR count). The van der Waals surface area contributed by atoms with E-state index < -0.39 is 0 Å². The summed E-state index contributed by atoms with van der Waals surface area (Å²) in [6, 6.07) is 8.77. The molecule has 2 aliphatic rings. The predicted octanol–water partition coefficient (Wildman–Crippen LogP) is 2.92. The Labute approximate surface area is 181 Å². The molecule has 0 unspecified atom stereocenters. The van der Waals surface area contributed by atoms with Crippen LogP contribution < -0.4 is 10.6 Å². The molecule has 1 saturated heterocycles. The summed E-state index contributed by atoms with van der Waals surface area (Å²) in [6.07, 6.45) is 2.50. The lowest BCUT2D eigenvalue weighted by atomic mass is 9.92. The third-order valence-electron chi connectivity index (χ3n) is 5.94. The fourth-order valence-corrected chi connectivity index (χ4v) is 3.91. The Morgan fingerprint density at radius 1 is 1.19 bits per heavy atom. The second-order valence-corrected chi connectivity index (χ2v) is 8.29. The summed E-state index contributed by atoms with van der Waals surface area (Å²) in [7, 11) is 1.85. The second kappa shape index (κ2) is 9.56. The Morgan fingerprint density at radius 3 is 2.44 bits per heavy atom. The van der Waals surface area contributed by atoms with Gasteiger partial charge >= 0.3 is 0 Å². The fourth-order valence-electron chi connectivity index (χ4n) is 3.91. The van der Waals surface area contributed by atoms with Crippen molar-refractivity contribution in [2.45, 2.75) is 44.6 Å². The van der Waals surface area contributed by atoms with Crippen LogP contribution in [0.15, 0.2) is 29.3 Å². The number of nitrogens with zero attached hydrogens (tertiary/aromatic N) is 2. The molecule has 1 heterocycles. The van der Waals surface area contributed by atoms with Gasteiger partial charge in [0, 0.05) is 44.2 Å². The van der Waals surface area contributed by atoms with Gasteiger partial charge in [0.2, 0.25) is 0 Å². The number of guanidine groups is 1. The van der Waals surface area contributed by atoms with Gasteiger partial charge in [-0.3, -0.25) is 9.89 Å². The molecule has 0 spiro atoms. The van der Waals surface area contributed by atoms with Gasteiger partial charge in [-0.25, -0.2) is 0 Å². The summed E-state index contributed by atoms with van der Waals surface area (Å²) in [5.41, 5.74) is 3.23. The minimum atomic E-state index is 0. The van der Waals surface area contributed by atoms with E-state index >= 15 is 0 Å². The van der Waals surface area contributed by atoms with Crippen LogP contribution in [0.5, 0.6) is 0 Å². The van der Waals surface area contributed by atoms with Gasteiger partial charge in [0.25, 0.3) is 0 Å². The Bertz CT molecular complexity index is 637. The first-order chi connectivity index (χ1) is 12.5. The van der Waals surface area contributed by atoms with Crippen LogP contribution in [0.1, 0.15) is 37.8 Å². The highest BCUT2D eigenvalue weighted by molar-refractivity contribution is 14.0. The number of benzene rings is 1. The van der Waals surface area contributed by atoms with Gasteiger partial charge in [0.15, 0.2) is 5.96 Å². The van der Waals surface area contributed by atoms with Crippen molar-refractivity contribution in [2.75, 3.05) is 46.4 Å². The average molecular weight is 486 g/mol. The maximum Gasteiger partial charge on any atom is 0.191 e. The number of hydrogen-bond donors (Lipinski definition) is 2. The van der Waals surface area contributed by atoms with Crippen molar-refractivity contribution in [1.29, 1.82) is 0 Å². The smallest absolute Gasteiger partial charge is 0.191 e. The van der Waals surface area contributed by atoms with Crippen molar-refractivity contribution in [3.8, 4) is 0 Å². The van der Waals surface area contributed by atoms with Crippen molar-refractivity contribution >= 4 is 29.9 Å². The molecule has 1 aromatic rings. The van der Waals surface area contributed by atoms with Crippen molar-refractivity contribution in [1.82, 2.24) is 15.5 Å². The largest absolute Gasteiger partial charge is 0.379 e. The van der Waals surface area contributed by atoms with E-state index in [9.17, 15) is 0 Å². The minimum Gasteiger partial charge on any atom is -0.379 e. The van der Waals surface area contributed by atoms with Gasteiger partial charge < -0.3 is 15.4 Å². The molecule has 2 fully saturated rings. The van der Waals surface area contributed by atoms with E-state index in [0.717, 1.165) is 45.4 Å². The van der Waals surface area contributed by atoms with Crippen LogP contribution in [0, 0.1) is 6.92 Å². The Balaban J connectivity index is 0.00000261. The number of ether oxygens (including phenoxy) is 1. The van der Waals surface area contributed by atoms with E-state index in [1.165, 1.54) is 24.0 Å². The minimum absolute atomic E-state index is 0. The summed E-state index contributed by atoms with van der Waals surface area (Å²) in [5.74, 6) is 0.895. The number of rotatable bonds is 6. The Kier molecular flexibility index (Phi) is 7.94. The van der Waals surface area contributed by atoms with Gasteiger partial charge in [-0.2, -0.15) is 0 Å². The molecule has 0 aromatic heterocycles. The molecule has 27 heavy (non-hydrogen) atoms. The molecular formula is C21H35IN4O. The van der Waals surface area contributed by atoms with E-state index in [1.807, 2.05) is 7.05 Å². The Morgan fingerprint density at radius 2 is 1.85 bits per heavy atom. The summed E-state index contributed by atoms with van der Waals surface area (Å²) in [4.78, 5) is 6.93.